The minimum absolute atomic E-state index is 0.00637. The van der Waals surface area contributed by atoms with Gasteiger partial charge in [-0.2, -0.15) is 5.10 Å². The molecule has 1 atom stereocenters. The first-order chi connectivity index (χ1) is 7.04. The lowest BCUT2D eigenvalue weighted by Crippen LogP contribution is -2.35. The number of halogens is 1. The van der Waals surface area contributed by atoms with Crippen LogP contribution in [0.5, 0.6) is 0 Å². The van der Waals surface area contributed by atoms with Gasteiger partial charge in [-0.25, -0.2) is 0 Å². The van der Waals surface area contributed by atoms with Crippen molar-refractivity contribution in [2.75, 3.05) is 6.61 Å². The van der Waals surface area contributed by atoms with E-state index in [1.807, 2.05) is 6.92 Å². The van der Waals surface area contributed by atoms with Crippen LogP contribution in [0.15, 0.2) is 10.7 Å². The summed E-state index contributed by atoms with van der Waals surface area (Å²) in [4.78, 5) is 12.3. The standard InChI is InChI=1S/C10H13BrN2O2/c1-10(4-3-5-15-10)9(14)8-7(11)6-12-13(8)2/h6H,3-5H2,1-2H3. The maximum atomic E-state index is 12.3. The lowest BCUT2D eigenvalue weighted by Gasteiger charge is -2.21. The predicted octanol–water partition coefficient (Wildman–Crippen LogP) is 1.93. The van der Waals surface area contributed by atoms with E-state index in [1.165, 1.54) is 0 Å². The summed E-state index contributed by atoms with van der Waals surface area (Å²) in [6.45, 7) is 2.51. The number of Topliss-reactive ketones (excluding diaryl/α,β-unsaturated/α-hetero) is 1. The number of ether oxygens (including phenoxy) is 1. The van der Waals surface area contributed by atoms with Crippen LogP contribution in [0.2, 0.25) is 0 Å². The average Bonchev–Trinajstić information content (AvgIpc) is 2.75. The number of hydrogen-bond acceptors (Lipinski definition) is 3. The SMILES string of the molecule is Cn1ncc(Br)c1C(=O)C1(C)CCCO1. The van der Waals surface area contributed by atoms with Gasteiger partial charge in [0, 0.05) is 13.7 Å². The van der Waals surface area contributed by atoms with E-state index in [9.17, 15) is 4.79 Å². The van der Waals surface area contributed by atoms with Crippen molar-refractivity contribution in [3.05, 3.63) is 16.4 Å². The Bertz CT molecular complexity index is 375. The van der Waals surface area contributed by atoms with Gasteiger partial charge < -0.3 is 4.74 Å². The zero-order valence-electron chi connectivity index (χ0n) is 8.79. The Hall–Kier alpha value is -0.680. The highest BCUT2D eigenvalue weighted by molar-refractivity contribution is 9.10. The molecular formula is C10H13BrN2O2. The molecule has 2 rings (SSSR count). The van der Waals surface area contributed by atoms with Gasteiger partial charge in [-0.15, -0.1) is 0 Å². The van der Waals surface area contributed by atoms with Crippen molar-refractivity contribution in [1.82, 2.24) is 9.78 Å². The molecule has 1 aromatic heterocycles. The molecule has 1 aliphatic rings. The van der Waals surface area contributed by atoms with Crippen LogP contribution in [-0.4, -0.2) is 27.8 Å². The van der Waals surface area contributed by atoms with Crippen LogP contribution in [0.25, 0.3) is 0 Å². The number of aromatic nitrogens is 2. The molecule has 1 fully saturated rings. The highest BCUT2D eigenvalue weighted by Crippen LogP contribution is 2.31. The lowest BCUT2D eigenvalue weighted by atomic mass is 9.95. The van der Waals surface area contributed by atoms with Gasteiger partial charge in [0.25, 0.3) is 0 Å². The molecular weight excluding hydrogens is 260 g/mol. The van der Waals surface area contributed by atoms with E-state index < -0.39 is 5.60 Å². The first kappa shape index (κ1) is 10.8. The molecule has 4 nitrogen and oxygen atoms in total. The van der Waals surface area contributed by atoms with E-state index in [1.54, 1.807) is 17.9 Å². The van der Waals surface area contributed by atoms with Gasteiger partial charge in [0.1, 0.15) is 11.3 Å². The number of nitrogens with zero attached hydrogens (tertiary/aromatic N) is 2. The highest BCUT2D eigenvalue weighted by Gasteiger charge is 2.40. The molecule has 1 unspecified atom stereocenters. The molecule has 82 valence electrons. The van der Waals surface area contributed by atoms with E-state index >= 15 is 0 Å². The fourth-order valence-corrected chi connectivity index (χ4v) is 2.40. The van der Waals surface area contributed by atoms with Crippen molar-refractivity contribution in [1.29, 1.82) is 0 Å². The maximum absolute atomic E-state index is 12.3. The Morgan fingerprint density at radius 1 is 1.73 bits per heavy atom. The van der Waals surface area contributed by atoms with Crippen LogP contribution in [-0.2, 0) is 11.8 Å². The Morgan fingerprint density at radius 3 is 2.93 bits per heavy atom. The van der Waals surface area contributed by atoms with Gasteiger partial charge in [-0.1, -0.05) is 0 Å². The Labute approximate surface area is 96.7 Å². The third kappa shape index (κ3) is 1.74. The molecule has 0 spiro atoms. The maximum Gasteiger partial charge on any atom is 0.213 e. The molecule has 0 bridgehead atoms. The van der Waals surface area contributed by atoms with Crippen molar-refractivity contribution in [3.8, 4) is 0 Å². The molecule has 0 N–H and O–H groups in total. The molecule has 5 heteroatoms. The van der Waals surface area contributed by atoms with Gasteiger partial charge in [0.15, 0.2) is 0 Å². The van der Waals surface area contributed by atoms with E-state index in [-0.39, 0.29) is 5.78 Å². The summed E-state index contributed by atoms with van der Waals surface area (Å²) in [6, 6.07) is 0. The zero-order valence-corrected chi connectivity index (χ0v) is 10.4. The number of ketones is 1. The van der Waals surface area contributed by atoms with Crippen LogP contribution >= 0.6 is 15.9 Å². The second kappa shape index (κ2) is 3.72. The van der Waals surface area contributed by atoms with Crippen molar-refractivity contribution in [2.45, 2.75) is 25.4 Å². The monoisotopic (exact) mass is 272 g/mol. The minimum Gasteiger partial charge on any atom is -0.367 e. The largest absolute Gasteiger partial charge is 0.367 e. The van der Waals surface area contributed by atoms with Gasteiger partial charge in [0.05, 0.1) is 10.7 Å². The molecule has 0 radical (unpaired) electrons. The molecule has 0 saturated carbocycles. The summed E-state index contributed by atoms with van der Waals surface area (Å²) in [5, 5.41) is 4.03. The minimum atomic E-state index is -0.670. The Balaban J connectivity index is 2.35. The van der Waals surface area contributed by atoms with Crippen molar-refractivity contribution < 1.29 is 9.53 Å². The van der Waals surface area contributed by atoms with Crippen molar-refractivity contribution >= 4 is 21.7 Å². The average molecular weight is 273 g/mol. The first-order valence-electron chi connectivity index (χ1n) is 4.91. The van der Waals surface area contributed by atoms with E-state index in [2.05, 4.69) is 21.0 Å². The molecule has 1 aliphatic heterocycles. The predicted molar refractivity (Wildman–Crippen MR) is 58.8 cm³/mol. The summed E-state index contributed by atoms with van der Waals surface area (Å²) in [6.07, 6.45) is 3.35. The fourth-order valence-electron chi connectivity index (χ4n) is 1.87. The molecule has 15 heavy (non-hydrogen) atoms. The summed E-state index contributed by atoms with van der Waals surface area (Å²) in [5.41, 5.74) is -0.0875. The molecule has 2 heterocycles. The second-order valence-electron chi connectivity index (χ2n) is 3.98. The molecule has 0 aliphatic carbocycles. The first-order valence-corrected chi connectivity index (χ1v) is 5.70. The number of hydrogen-bond donors (Lipinski definition) is 0. The van der Waals surface area contributed by atoms with E-state index in [0.29, 0.717) is 12.3 Å². The van der Waals surface area contributed by atoms with E-state index in [4.69, 9.17) is 4.74 Å². The smallest absolute Gasteiger partial charge is 0.213 e. The molecule has 1 aromatic rings. The zero-order chi connectivity index (χ0) is 11.1. The molecule has 1 saturated heterocycles. The third-order valence-corrected chi connectivity index (χ3v) is 3.39. The number of carbonyl (C=O) groups excluding carboxylic acids is 1. The quantitative estimate of drug-likeness (QED) is 0.773. The third-order valence-electron chi connectivity index (χ3n) is 2.81. The van der Waals surface area contributed by atoms with Crippen LogP contribution in [0.3, 0.4) is 0 Å². The summed E-state index contributed by atoms with van der Waals surface area (Å²) in [5.74, 6) is 0.00637. The van der Waals surface area contributed by atoms with Gasteiger partial charge >= 0.3 is 0 Å². The van der Waals surface area contributed by atoms with E-state index in [0.717, 1.165) is 17.3 Å². The number of aryl methyl sites for hydroxylation is 1. The van der Waals surface area contributed by atoms with Crippen LogP contribution in [0.1, 0.15) is 30.3 Å². The fraction of sp³-hybridized carbons (Fsp3) is 0.600. The second-order valence-corrected chi connectivity index (χ2v) is 4.83. The summed E-state index contributed by atoms with van der Waals surface area (Å²) < 4.78 is 7.84. The molecule has 0 aromatic carbocycles. The number of carbonyl (C=O) groups is 1. The topological polar surface area (TPSA) is 44.1 Å². The van der Waals surface area contributed by atoms with Gasteiger partial charge in [-0.3, -0.25) is 9.48 Å². The summed E-state index contributed by atoms with van der Waals surface area (Å²) in [7, 11) is 1.76. The Kier molecular flexibility index (Phi) is 2.68. The van der Waals surface area contributed by atoms with Crippen molar-refractivity contribution in [3.63, 3.8) is 0 Å². The van der Waals surface area contributed by atoms with Crippen LogP contribution in [0.4, 0.5) is 0 Å². The highest BCUT2D eigenvalue weighted by atomic mass is 79.9. The Morgan fingerprint density at radius 2 is 2.47 bits per heavy atom. The summed E-state index contributed by atoms with van der Waals surface area (Å²) >= 11 is 3.33. The number of rotatable bonds is 2. The lowest BCUT2D eigenvalue weighted by molar-refractivity contribution is 0.0204. The normalized spacial score (nSPS) is 25.8. The molecule has 0 amide bonds. The van der Waals surface area contributed by atoms with Gasteiger partial charge in [0.2, 0.25) is 5.78 Å². The van der Waals surface area contributed by atoms with Crippen molar-refractivity contribution in [2.24, 2.45) is 7.05 Å². The van der Waals surface area contributed by atoms with Gasteiger partial charge in [-0.05, 0) is 35.7 Å². The van der Waals surface area contributed by atoms with Crippen LogP contribution in [0, 0.1) is 0 Å². The van der Waals surface area contributed by atoms with Crippen LogP contribution < -0.4 is 0 Å².